The highest BCUT2D eigenvalue weighted by Crippen LogP contribution is 2.36. The molecule has 0 saturated carbocycles. The molecule has 138 valence electrons. The molecule has 0 bridgehead atoms. The number of halogens is 1. The van der Waals surface area contributed by atoms with Crippen LogP contribution >= 0.6 is 11.6 Å². The Kier molecular flexibility index (Phi) is 5.68. The lowest BCUT2D eigenvalue weighted by atomic mass is 9.78. The Morgan fingerprint density at radius 2 is 2.04 bits per heavy atom. The van der Waals surface area contributed by atoms with Crippen molar-refractivity contribution in [3.8, 4) is 0 Å². The first-order valence-electron chi connectivity index (χ1n) is 8.64. The topological polar surface area (TPSA) is 78.5 Å². The van der Waals surface area contributed by atoms with Crippen molar-refractivity contribution in [1.29, 1.82) is 0 Å². The predicted octanol–water partition coefficient (Wildman–Crippen LogP) is 1.61. The van der Waals surface area contributed by atoms with Crippen molar-refractivity contribution in [3.05, 3.63) is 29.3 Å². The van der Waals surface area contributed by atoms with Gasteiger partial charge in [0.05, 0.1) is 4.90 Å². The van der Waals surface area contributed by atoms with Gasteiger partial charge >= 0.3 is 0 Å². The third-order valence-electron chi connectivity index (χ3n) is 5.25. The van der Waals surface area contributed by atoms with Crippen LogP contribution in [0.1, 0.15) is 25.7 Å². The maximum Gasteiger partial charge on any atom is 0.240 e. The summed E-state index contributed by atoms with van der Waals surface area (Å²) in [6.45, 7) is 3.74. The van der Waals surface area contributed by atoms with E-state index >= 15 is 0 Å². The highest BCUT2D eigenvalue weighted by molar-refractivity contribution is 7.89. The standard InChI is InChI=1S/C17H24ClN3O3S/c18-14-2-1-3-15(12-14)25(23,24)20-8-4-16(22)21-10-6-17(7-11-21)5-9-19-13-17/h1-3,12,19-20H,4-11,13H2. The number of carbonyl (C=O) groups excluding carboxylic acids is 1. The minimum absolute atomic E-state index is 0.00889. The highest BCUT2D eigenvalue weighted by atomic mass is 35.5. The Morgan fingerprint density at radius 1 is 1.28 bits per heavy atom. The fraction of sp³-hybridized carbons (Fsp3) is 0.588. The number of nitrogens with one attached hydrogen (secondary N) is 2. The van der Waals surface area contributed by atoms with Gasteiger partial charge in [0.25, 0.3) is 0 Å². The number of carbonyl (C=O) groups is 1. The number of benzene rings is 1. The third-order valence-corrected chi connectivity index (χ3v) is 6.94. The van der Waals surface area contributed by atoms with Gasteiger partial charge in [-0.15, -0.1) is 0 Å². The first-order chi connectivity index (χ1) is 11.9. The van der Waals surface area contributed by atoms with Crippen LogP contribution in [0.3, 0.4) is 0 Å². The maximum atomic E-state index is 12.3. The van der Waals surface area contributed by atoms with Gasteiger partial charge in [-0.05, 0) is 49.4 Å². The largest absolute Gasteiger partial charge is 0.343 e. The number of rotatable bonds is 5. The summed E-state index contributed by atoms with van der Waals surface area (Å²) < 4.78 is 26.9. The molecule has 2 heterocycles. The number of piperidine rings is 1. The zero-order valence-electron chi connectivity index (χ0n) is 14.1. The van der Waals surface area contributed by atoms with Gasteiger partial charge in [-0.3, -0.25) is 4.79 Å². The molecule has 2 saturated heterocycles. The predicted molar refractivity (Wildman–Crippen MR) is 97.0 cm³/mol. The van der Waals surface area contributed by atoms with E-state index in [1.807, 2.05) is 4.90 Å². The second-order valence-electron chi connectivity index (χ2n) is 6.91. The van der Waals surface area contributed by atoms with Gasteiger partial charge in [0.15, 0.2) is 0 Å². The molecule has 0 aromatic heterocycles. The van der Waals surface area contributed by atoms with Crippen LogP contribution in [0.2, 0.25) is 5.02 Å². The van der Waals surface area contributed by atoms with Gasteiger partial charge in [0.1, 0.15) is 0 Å². The van der Waals surface area contributed by atoms with Crippen molar-refractivity contribution in [2.75, 3.05) is 32.7 Å². The van der Waals surface area contributed by atoms with Gasteiger partial charge in [-0.1, -0.05) is 17.7 Å². The molecule has 0 atom stereocenters. The summed E-state index contributed by atoms with van der Waals surface area (Å²) in [6, 6.07) is 6.08. The summed E-state index contributed by atoms with van der Waals surface area (Å²) in [5, 5.41) is 3.77. The first kappa shape index (κ1) is 18.6. The molecule has 2 aliphatic rings. The zero-order valence-corrected chi connectivity index (χ0v) is 15.7. The fourth-order valence-electron chi connectivity index (χ4n) is 3.62. The molecule has 2 aliphatic heterocycles. The molecule has 8 heteroatoms. The molecule has 1 aromatic carbocycles. The molecule has 1 aromatic rings. The van der Waals surface area contributed by atoms with Crippen LogP contribution < -0.4 is 10.0 Å². The smallest absolute Gasteiger partial charge is 0.240 e. The average molecular weight is 386 g/mol. The van der Waals surface area contributed by atoms with E-state index in [2.05, 4.69) is 10.0 Å². The number of amides is 1. The Labute approximate surface area is 154 Å². The minimum Gasteiger partial charge on any atom is -0.343 e. The van der Waals surface area contributed by atoms with Crippen LogP contribution in [0.15, 0.2) is 29.2 Å². The molecule has 0 aliphatic carbocycles. The van der Waals surface area contributed by atoms with Gasteiger partial charge in [0.2, 0.25) is 15.9 Å². The monoisotopic (exact) mass is 385 g/mol. The Hall–Kier alpha value is -1.15. The molecule has 2 N–H and O–H groups in total. The summed E-state index contributed by atoms with van der Waals surface area (Å²) >= 11 is 5.83. The third kappa shape index (κ3) is 4.53. The second kappa shape index (κ2) is 7.61. The van der Waals surface area contributed by atoms with E-state index in [4.69, 9.17) is 11.6 Å². The quantitative estimate of drug-likeness (QED) is 0.807. The lowest BCUT2D eigenvalue weighted by molar-refractivity contribution is -0.133. The Balaban J connectivity index is 1.46. The van der Waals surface area contributed by atoms with Crippen molar-refractivity contribution in [1.82, 2.24) is 14.9 Å². The van der Waals surface area contributed by atoms with Crippen LogP contribution in [0.5, 0.6) is 0 Å². The molecule has 0 radical (unpaired) electrons. The van der Waals surface area contributed by atoms with Crippen molar-refractivity contribution in [2.45, 2.75) is 30.6 Å². The van der Waals surface area contributed by atoms with Gasteiger partial charge < -0.3 is 10.2 Å². The second-order valence-corrected chi connectivity index (χ2v) is 9.12. The Morgan fingerprint density at radius 3 is 2.68 bits per heavy atom. The molecule has 1 spiro atoms. The number of hydrogen-bond donors (Lipinski definition) is 2. The van der Waals surface area contributed by atoms with Crippen LogP contribution in [0, 0.1) is 5.41 Å². The molecule has 25 heavy (non-hydrogen) atoms. The molecule has 1 amide bonds. The first-order valence-corrected chi connectivity index (χ1v) is 10.5. The zero-order chi connectivity index (χ0) is 17.9. The number of hydrogen-bond acceptors (Lipinski definition) is 4. The van der Waals surface area contributed by atoms with Crippen LogP contribution in [0.25, 0.3) is 0 Å². The molecule has 0 unspecified atom stereocenters. The van der Waals surface area contributed by atoms with E-state index in [-0.39, 0.29) is 23.8 Å². The molecule has 2 fully saturated rings. The summed E-state index contributed by atoms with van der Waals surface area (Å²) in [5.74, 6) is 0.00889. The van der Waals surface area contributed by atoms with Crippen molar-refractivity contribution >= 4 is 27.5 Å². The van der Waals surface area contributed by atoms with E-state index in [0.29, 0.717) is 10.4 Å². The van der Waals surface area contributed by atoms with Crippen LogP contribution in [0.4, 0.5) is 0 Å². The lowest BCUT2D eigenvalue weighted by Gasteiger charge is -2.39. The fourth-order valence-corrected chi connectivity index (χ4v) is 4.95. The van der Waals surface area contributed by atoms with Gasteiger partial charge in [-0.2, -0.15) is 0 Å². The molecule has 6 nitrogen and oxygen atoms in total. The summed E-state index contributed by atoms with van der Waals surface area (Å²) in [4.78, 5) is 14.3. The Bertz CT molecular complexity index is 722. The van der Waals surface area contributed by atoms with E-state index < -0.39 is 10.0 Å². The summed E-state index contributed by atoms with van der Waals surface area (Å²) in [6.07, 6.45) is 3.42. The highest BCUT2D eigenvalue weighted by Gasteiger charge is 2.37. The van der Waals surface area contributed by atoms with E-state index in [9.17, 15) is 13.2 Å². The van der Waals surface area contributed by atoms with Gasteiger partial charge in [0, 0.05) is 37.6 Å². The number of likely N-dealkylation sites (tertiary alicyclic amines) is 1. The van der Waals surface area contributed by atoms with Crippen molar-refractivity contribution in [3.63, 3.8) is 0 Å². The van der Waals surface area contributed by atoms with E-state index in [1.54, 1.807) is 12.1 Å². The van der Waals surface area contributed by atoms with Crippen molar-refractivity contribution < 1.29 is 13.2 Å². The summed E-state index contributed by atoms with van der Waals surface area (Å²) in [5.41, 5.74) is 0.366. The lowest BCUT2D eigenvalue weighted by Crippen LogP contribution is -2.44. The average Bonchev–Trinajstić information content (AvgIpc) is 3.03. The number of sulfonamides is 1. The SMILES string of the molecule is O=C(CCNS(=O)(=O)c1cccc(Cl)c1)N1CCC2(CCNC2)CC1. The van der Waals surface area contributed by atoms with Crippen LogP contribution in [-0.2, 0) is 14.8 Å². The summed E-state index contributed by atoms with van der Waals surface area (Å²) in [7, 11) is -3.64. The van der Waals surface area contributed by atoms with E-state index in [1.165, 1.54) is 18.6 Å². The number of nitrogens with zero attached hydrogens (tertiary/aromatic N) is 1. The van der Waals surface area contributed by atoms with Crippen LogP contribution in [-0.4, -0.2) is 51.9 Å². The molecule has 3 rings (SSSR count). The normalized spacial score (nSPS) is 20.1. The maximum absolute atomic E-state index is 12.3. The van der Waals surface area contributed by atoms with E-state index in [0.717, 1.165) is 39.0 Å². The van der Waals surface area contributed by atoms with Gasteiger partial charge in [-0.25, -0.2) is 13.1 Å². The molecular weight excluding hydrogens is 362 g/mol. The van der Waals surface area contributed by atoms with Crippen molar-refractivity contribution in [2.24, 2.45) is 5.41 Å². The minimum atomic E-state index is -3.64. The molecular formula is C17H24ClN3O3S.